The zero-order chi connectivity index (χ0) is 22.9. The molecule has 1 heterocycles. The van der Waals surface area contributed by atoms with E-state index in [1.165, 1.54) is 0 Å². The van der Waals surface area contributed by atoms with Crippen molar-refractivity contribution in [1.29, 1.82) is 5.26 Å². The molecule has 3 rings (SSSR count). The molecule has 0 atom stereocenters. The van der Waals surface area contributed by atoms with Crippen molar-refractivity contribution in [3.63, 3.8) is 0 Å². The summed E-state index contributed by atoms with van der Waals surface area (Å²) >= 11 is 7.75. The van der Waals surface area contributed by atoms with E-state index in [9.17, 15) is 5.26 Å². The van der Waals surface area contributed by atoms with Crippen LogP contribution in [-0.4, -0.2) is 29.0 Å². The molecule has 164 valence electrons. The third-order valence-corrected chi connectivity index (χ3v) is 5.79. The van der Waals surface area contributed by atoms with Crippen LogP contribution in [0.2, 0.25) is 5.02 Å². The van der Waals surface area contributed by atoms with E-state index >= 15 is 0 Å². The third-order valence-electron chi connectivity index (χ3n) is 4.57. The van der Waals surface area contributed by atoms with E-state index in [1.54, 1.807) is 31.2 Å². The molecule has 32 heavy (non-hydrogen) atoms. The van der Waals surface area contributed by atoms with Gasteiger partial charge >= 0.3 is 0 Å². The molecule has 0 spiro atoms. The van der Waals surface area contributed by atoms with Crippen LogP contribution < -0.4 is 10.2 Å². The summed E-state index contributed by atoms with van der Waals surface area (Å²) in [5.41, 5.74) is 5.34. The Morgan fingerprint density at radius 3 is 2.59 bits per heavy atom. The van der Waals surface area contributed by atoms with Crippen molar-refractivity contribution in [3.8, 4) is 23.1 Å². The summed E-state index contributed by atoms with van der Waals surface area (Å²) in [5, 5.41) is 15.3. The Bertz CT molecular complexity index is 1130. The summed E-state index contributed by atoms with van der Waals surface area (Å²) in [6.07, 6.45) is 2.64. The van der Waals surface area contributed by atoms with Crippen LogP contribution >= 0.6 is 23.4 Å². The number of halogens is 1. The lowest BCUT2D eigenvalue weighted by Crippen LogP contribution is -2.04. The van der Waals surface area contributed by atoms with Gasteiger partial charge in [0.2, 0.25) is 0 Å². The van der Waals surface area contributed by atoms with Gasteiger partial charge in [-0.1, -0.05) is 55.4 Å². The third kappa shape index (κ3) is 6.22. The average molecular weight is 466 g/mol. The Balaban J connectivity index is 1.97. The number of nitrogens with one attached hydrogen (secondary N) is 1. The van der Waals surface area contributed by atoms with E-state index in [0.29, 0.717) is 33.2 Å². The van der Waals surface area contributed by atoms with Crippen molar-refractivity contribution >= 4 is 35.4 Å². The van der Waals surface area contributed by atoms with Crippen molar-refractivity contribution < 1.29 is 4.74 Å². The summed E-state index contributed by atoms with van der Waals surface area (Å²) in [5.74, 6) is 2.55. The number of rotatable bonds is 9. The van der Waals surface area contributed by atoms with Gasteiger partial charge in [0, 0.05) is 21.9 Å². The predicted molar refractivity (Wildman–Crippen MR) is 132 cm³/mol. The van der Waals surface area contributed by atoms with Gasteiger partial charge in [-0.15, -0.1) is 0 Å². The molecule has 0 aliphatic heterocycles. The second-order valence-electron chi connectivity index (χ2n) is 7.34. The molecule has 0 amide bonds. The molecule has 8 heteroatoms. The fourth-order valence-corrected chi connectivity index (χ4v) is 4.05. The number of anilines is 1. The van der Waals surface area contributed by atoms with Gasteiger partial charge in [0.05, 0.1) is 19.0 Å². The fourth-order valence-electron chi connectivity index (χ4n) is 2.78. The molecular formula is C24H24ClN5OS. The highest BCUT2D eigenvalue weighted by atomic mass is 35.5. The van der Waals surface area contributed by atoms with Crippen molar-refractivity contribution in [1.82, 2.24) is 9.97 Å². The minimum Gasteiger partial charge on any atom is -0.497 e. The number of hydrazone groups is 1. The number of hydrogen-bond donors (Lipinski definition) is 1. The highest BCUT2D eigenvalue weighted by molar-refractivity contribution is 7.99. The Hall–Kier alpha value is -3.08. The maximum atomic E-state index is 9.89. The molecule has 0 aliphatic carbocycles. The maximum absolute atomic E-state index is 9.89. The van der Waals surface area contributed by atoms with Crippen molar-refractivity contribution in [3.05, 3.63) is 64.7 Å². The Kier molecular flexibility index (Phi) is 8.48. The molecule has 1 N–H and O–H groups in total. The zero-order valence-corrected chi connectivity index (χ0v) is 19.7. The minimum atomic E-state index is 0.319. The van der Waals surface area contributed by atoms with Gasteiger partial charge in [-0.25, -0.2) is 9.97 Å². The first-order valence-electron chi connectivity index (χ1n) is 10.1. The van der Waals surface area contributed by atoms with E-state index in [2.05, 4.69) is 40.4 Å². The molecule has 0 radical (unpaired) electrons. The molecule has 0 unspecified atom stereocenters. The number of methoxy groups -OCH3 is 1. The first kappa shape index (κ1) is 23.6. The van der Waals surface area contributed by atoms with Crippen LogP contribution in [0.15, 0.2) is 58.8 Å². The molecule has 0 bridgehead atoms. The number of nitriles is 1. The smallest absolute Gasteiger partial charge is 0.190 e. The second-order valence-corrected chi connectivity index (χ2v) is 8.81. The Morgan fingerprint density at radius 1 is 1.19 bits per heavy atom. The predicted octanol–water partition coefficient (Wildman–Crippen LogP) is 6.26. The Morgan fingerprint density at radius 2 is 1.94 bits per heavy atom. The van der Waals surface area contributed by atoms with Crippen LogP contribution in [0.3, 0.4) is 0 Å². The van der Waals surface area contributed by atoms with Crippen LogP contribution in [0.25, 0.3) is 11.3 Å². The molecule has 0 aliphatic rings. The summed E-state index contributed by atoms with van der Waals surface area (Å²) in [6, 6.07) is 17.0. The van der Waals surface area contributed by atoms with Crippen LogP contribution in [0.4, 0.5) is 5.82 Å². The minimum absolute atomic E-state index is 0.319. The maximum Gasteiger partial charge on any atom is 0.190 e. The number of thioether (sulfide) groups is 1. The van der Waals surface area contributed by atoms with Gasteiger partial charge in [-0.2, -0.15) is 10.4 Å². The van der Waals surface area contributed by atoms with Crippen LogP contribution in [-0.2, 0) is 0 Å². The summed E-state index contributed by atoms with van der Waals surface area (Å²) in [4.78, 5) is 9.24. The van der Waals surface area contributed by atoms with Crippen LogP contribution in [0, 0.1) is 17.2 Å². The van der Waals surface area contributed by atoms with E-state index < -0.39 is 0 Å². The van der Waals surface area contributed by atoms with Gasteiger partial charge in [0.15, 0.2) is 11.0 Å². The molecule has 2 aromatic carbocycles. The lowest BCUT2D eigenvalue weighted by Gasteiger charge is -2.11. The fraction of sp³-hybridized carbons (Fsp3) is 0.250. The van der Waals surface area contributed by atoms with E-state index in [4.69, 9.17) is 16.3 Å². The SMILES string of the molecule is COc1ccc(-c2nc(SCCC(C)C)nc(N/N=C\c3ccccc3Cl)c2C#N)cc1. The normalized spacial score (nSPS) is 11.0. The summed E-state index contributed by atoms with van der Waals surface area (Å²) in [6.45, 7) is 4.36. The lowest BCUT2D eigenvalue weighted by atomic mass is 10.1. The van der Waals surface area contributed by atoms with Gasteiger partial charge < -0.3 is 4.74 Å². The van der Waals surface area contributed by atoms with Crippen LogP contribution in [0.5, 0.6) is 5.75 Å². The topological polar surface area (TPSA) is 83.2 Å². The monoisotopic (exact) mass is 465 g/mol. The number of ether oxygens (including phenoxy) is 1. The molecule has 6 nitrogen and oxygen atoms in total. The zero-order valence-electron chi connectivity index (χ0n) is 18.2. The highest BCUT2D eigenvalue weighted by Crippen LogP contribution is 2.30. The van der Waals surface area contributed by atoms with Gasteiger partial charge in [-0.3, -0.25) is 5.43 Å². The highest BCUT2D eigenvalue weighted by Gasteiger charge is 2.16. The Labute approximate surface area is 197 Å². The van der Waals surface area contributed by atoms with E-state index in [1.807, 2.05) is 42.5 Å². The van der Waals surface area contributed by atoms with E-state index in [0.717, 1.165) is 29.1 Å². The van der Waals surface area contributed by atoms with Crippen LogP contribution in [0.1, 0.15) is 31.4 Å². The lowest BCUT2D eigenvalue weighted by molar-refractivity contribution is 0.415. The first-order valence-corrected chi connectivity index (χ1v) is 11.5. The van der Waals surface area contributed by atoms with Gasteiger partial charge in [-0.05, 0) is 42.7 Å². The molecule has 1 aromatic heterocycles. The quantitative estimate of drug-likeness (QED) is 0.174. The van der Waals surface area contributed by atoms with E-state index in [-0.39, 0.29) is 0 Å². The molecule has 3 aromatic rings. The van der Waals surface area contributed by atoms with Gasteiger partial charge in [0.1, 0.15) is 17.4 Å². The second kappa shape index (κ2) is 11.5. The molecule has 0 fully saturated rings. The molecular weight excluding hydrogens is 442 g/mol. The summed E-state index contributed by atoms with van der Waals surface area (Å²) < 4.78 is 5.25. The van der Waals surface area contributed by atoms with Gasteiger partial charge in [0.25, 0.3) is 0 Å². The van der Waals surface area contributed by atoms with Crippen molar-refractivity contribution in [2.24, 2.45) is 11.0 Å². The number of nitrogens with zero attached hydrogens (tertiary/aromatic N) is 4. The average Bonchev–Trinajstić information content (AvgIpc) is 2.80. The largest absolute Gasteiger partial charge is 0.497 e. The number of hydrogen-bond acceptors (Lipinski definition) is 7. The number of benzene rings is 2. The molecule has 0 saturated heterocycles. The van der Waals surface area contributed by atoms with Crippen molar-refractivity contribution in [2.45, 2.75) is 25.4 Å². The standard InChI is InChI=1S/C24H24ClN5OS/c1-16(2)12-13-32-24-28-22(17-8-10-19(31-3)11-9-17)20(14-26)23(29-24)30-27-15-18-6-4-5-7-21(18)25/h4-11,15-16H,12-13H2,1-3H3,(H,28,29,30)/b27-15-. The summed E-state index contributed by atoms with van der Waals surface area (Å²) in [7, 11) is 1.61. The first-order chi connectivity index (χ1) is 15.5. The van der Waals surface area contributed by atoms with Crippen molar-refractivity contribution in [2.75, 3.05) is 18.3 Å². The molecule has 0 saturated carbocycles. The number of aromatic nitrogens is 2.